The first-order valence-corrected chi connectivity index (χ1v) is 5.40. The number of alkyl halides is 3. The molecule has 1 aromatic rings. The van der Waals surface area contributed by atoms with Gasteiger partial charge >= 0.3 is 6.18 Å². The summed E-state index contributed by atoms with van der Waals surface area (Å²) in [6.07, 6.45) is -4.25. The molecule has 0 fully saturated rings. The van der Waals surface area contributed by atoms with E-state index in [9.17, 15) is 13.2 Å². The molecule has 0 aliphatic heterocycles. The van der Waals surface area contributed by atoms with E-state index in [1.165, 1.54) is 0 Å². The quantitative estimate of drug-likeness (QED) is 0.841. The van der Waals surface area contributed by atoms with Gasteiger partial charge in [-0.15, -0.1) is 0 Å². The molecule has 0 amide bonds. The van der Waals surface area contributed by atoms with Crippen molar-refractivity contribution in [2.24, 2.45) is 0 Å². The number of ether oxygens (including phenoxy) is 1. The van der Waals surface area contributed by atoms with Crippen molar-refractivity contribution in [3.05, 3.63) is 28.7 Å². The van der Waals surface area contributed by atoms with Gasteiger partial charge in [-0.1, -0.05) is 22.0 Å². The highest BCUT2D eigenvalue weighted by molar-refractivity contribution is 9.10. The van der Waals surface area contributed by atoms with Crippen molar-refractivity contribution in [1.29, 1.82) is 0 Å². The topological polar surface area (TPSA) is 21.3 Å². The lowest BCUT2D eigenvalue weighted by atomic mass is 10.3. The Morgan fingerprint density at radius 2 is 2.06 bits per heavy atom. The maximum Gasteiger partial charge on any atom is 0.411 e. The predicted molar refractivity (Wildman–Crippen MR) is 59.5 cm³/mol. The average molecular weight is 298 g/mol. The van der Waals surface area contributed by atoms with E-state index in [1.807, 2.05) is 24.3 Å². The van der Waals surface area contributed by atoms with Gasteiger partial charge < -0.3 is 10.1 Å². The van der Waals surface area contributed by atoms with Crippen molar-refractivity contribution in [3.8, 4) is 0 Å². The van der Waals surface area contributed by atoms with Crippen LogP contribution in [0.5, 0.6) is 0 Å². The lowest BCUT2D eigenvalue weighted by Gasteiger charge is -2.09. The maximum absolute atomic E-state index is 11.7. The van der Waals surface area contributed by atoms with Gasteiger partial charge in [0.15, 0.2) is 0 Å². The van der Waals surface area contributed by atoms with Gasteiger partial charge in [-0.05, 0) is 18.2 Å². The Bertz CT molecular complexity index is 330. The van der Waals surface area contributed by atoms with Gasteiger partial charge in [0.1, 0.15) is 6.61 Å². The Kier molecular flexibility index (Phi) is 5.08. The fourth-order valence-corrected chi connectivity index (χ4v) is 1.45. The highest BCUT2D eigenvalue weighted by Gasteiger charge is 2.27. The second kappa shape index (κ2) is 6.10. The monoisotopic (exact) mass is 297 g/mol. The zero-order valence-electron chi connectivity index (χ0n) is 8.35. The standard InChI is InChI=1S/C10H11BrF3NO/c11-8-2-1-3-9(6-8)15-4-5-16-7-10(12,13)14/h1-3,6,15H,4-5,7H2. The van der Waals surface area contributed by atoms with Gasteiger partial charge in [-0.3, -0.25) is 0 Å². The molecule has 90 valence electrons. The van der Waals surface area contributed by atoms with Crippen molar-refractivity contribution in [2.75, 3.05) is 25.1 Å². The van der Waals surface area contributed by atoms with Crippen LogP contribution in [0.2, 0.25) is 0 Å². The van der Waals surface area contributed by atoms with Gasteiger partial charge in [0.25, 0.3) is 0 Å². The van der Waals surface area contributed by atoms with Crippen molar-refractivity contribution in [3.63, 3.8) is 0 Å². The van der Waals surface area contributed by atoms with Crippen LogP contribution in [0.25, 0.3) is 0 Å². The van der Waals surface area contributed by atoms with Crippen LogP contribution in [0.3, 0.4) is 0 Å². The summed E-state index contributed by atoms with van der Waals surface area (Å²) >= 11 is 3.29. The van der Waals surface area contributed by atoms with E-state index in [1.54, 1.807) is 0 Å². The molecule has 1 rings (SSSR count). The minimum Gasteiger partial charge on any atom is -0.383 e. The van der Waals surface area contributed by atoms with Gasteiger partial charge in [0.2, 0.25) is 0 Å². The lowest BCUT2D eigenvalue weighted by molar-refractivity contribution is -0.172. The van der Waals surface area contributed by atoms with Crippen LogP contribution in [-0.2, 0) is 4.74 Å². The normalized spacial score (nSPS) is 11.5. The maximum atomic E-state index is 11.7. The third kappa shape index (κ3) is 5.97. The Morgan fingerprint density at radius 3 is 2.69 bits per heavy atom. The summed E-state index contributed by atoms with van der Waals surface area (Å²) in [5, 5.41) is 2.95. The third-order valence-electron chi connectivity index (χ3n) is 1.67. The molecule has 0 aliphatic carbocycles. The van der Waals surface area contributed by atoms with E-state index < -0.39 is 12.8 Å². The number of rotatable bonds is 5. The molecular weight excluding hydrogens is 287 g/mol. The molecule has 0 saturated carbocycles. The summed E-state index contributed by atoms with van der Waals surface area (Å²) in [5.74, 6) is 0. The minimum absolute atomic E-state index is 0.0199. The summed E-state index contributed by atoms with van der Waals surface area (Å²) in [7, 11) is 0. The van der Waals surface area contributed by atoms with E-state index >= 15 is 0 Å². The molecule has 1 aromatic carbocycles. The molecule has 0 saturated heterocycles. The molecular formula is C10H11BrF3NO. The molecule has 0 atom stereocenters. The van der Waals surface area contributed by atoms with Crippen molar-refractivity contribution in [1.82, 2.24) is 0 Å². The van der Waals surface area contributed by atoms with Gasteiger partial charge in [-0.2, -0.15) is 13.2 Å². The van der Waals surface area contributed by atoms with Crippen LogP contribution in [0.15, 0.2) is 28.7 Å². The Balaban J connectivity index is 2.17. The molecule has 0 spiro atoms. The zero-order valence-corrected chi connectivity index (χ0v) is 9.94. The van der Waals surface area contributed by atoms with Gasteiger partial charge in [0, 0.05) is 16.7 Å². The SMILES string of the molecule is FC(F)(F)COCCNc1cccc(Br)c1. The number of anilines is 1. The highest BCUT2D eigenvalue weighted by atomic mass is 79.9. The molecule has 0 heterocycles. The number of hydrogen-bond acceptors (Lipinski definition) is 2. The molecule has 2 nitrogen and oxygen atoms in total. The van der Waals surface area contributed by atoms with Crippen LogP contribution < -0.4 is 5.32 Å². The fourth-order valence-electron chi connectivity index (χ4n) is 1.05. The Morgan fingerprint density at radius 1 is 1.31 bits per heavy atom. The number of halogens is 4. The van der Waals surface area contributed by atoms with Crippen LogP contribution in [-0.4, -0.2) is 25.9 Å². The summed E-state index contributed by atoms with van der Waals surface area (Å²) in [6, 6.07) is 7.37. The number of benzene rings is 1. The zero-order chi connectivity index (χ0) is 12.0. The van der Waals surface area contributed by atoms with Gasteiger partial charge in [-0.25, -0.2) is 0 Å². The van der Waals surface area contributed by atoms with Crippen LogP contribution in [0.1, 0.15) is 0 Å². The van der Waals surface area contributed by atoms with Crippen LogP contribution in [0, 0.1) is 0 Å². The molecule has 0 aromatic heterocycles. The molecule has 0 bridgehead atoms. The Hall–Kier alpha value is -0.750. The third-order valence-corrected chi connectivity index (χ3v) is 2.16. The number of hydrogen-bond donors (Lipinski definition) is 1. The second-order valence-electron chi connectivity index (χ2n) is 3.10. The molecule has 0 aliphatic rings. The van der Waals surface area contributed by atoms with E-state index in [2.05, 4.69) is 26.0 Å². The van der Waals surface area contributed by atoms with E-state index in [-0.39, 0.29) is 6.61 Å². The Labute approximate surface area is 99.9 Å². The summed E-state index contributed by atoms with van der Waals surface area (Å²) in [4.78, 5) is 0. The van der Waals surface area contributed by atoms with Crippen molar-refractivity contribution < 1.29 is 17.9 Å². The first kappa shape index (κ1) is 13.3. The molecule has 6 heteroatoms. The first-order valence-electron chi connectivity index (χ1n) is 4.61. The molecule has 16 heavy (non-hydrogen) atoms. The van der Waals surface area contributed by atoms with Crippen molar-refractivity contribution in [2.45, 2.75) is 6.18 Å². The highest BCUT2D eigenvalue weighted by Crippen LogP contribution is 2.16. The summed E-state index contributed by atoms with van der Waals surface area (Å²) in [5.41, 5.74) is 0.838. The lowest BCUT2D eigenvalue weighted by Crippen LogP contribution is -2.20. The summed E-state index contributed by atoms with van der Waals surface area (Å²) in [6.45, 7) is -0.842. The summed E-state index contributed by atoms with van der Waals surface area (Å²) < 4.78 is 40.5. The van der Waals surface area contributed by atoms with Crippen molar-refractivity contribution >= 4 is 21.6 Å². The van der Waals surface area contributed by atoms with Gasteiger partial charge in [0.05, 0.1) is 6.61 Å². The van der Waals surface area contributed by atoms with Crippen LogP contribution >= 0.6 is 15.9 Å². The molecule has 0 radical (unpaired) electrons. The largest absolute Gasteiger partial charge is 0.411 e. The molecule has 1 N–H and O–H groups in total. The minimum atomic E-state index is -4.25. The van der Waals surface area contributed by atoms with E-state index in [4.69, 9.17) is 0 Å². The van der Waals surface area contributed by atoms with E-state index in [0.717, 1.165) is 10.2 Å². The fraction of sp³-hybridized carbons (Fsp3) is 0.400. The molecule has 0 unspecified atom stereocenters. The average Bonchev–Trinajstić information content (AvgIpc) is 2.15. The second-order valence-corrected chi connectivity index (χ2v) is 4.02. The predicted octanol–water partition coefficient (Wildman–Crippen LogP) is 3.44. The van der Waals surface area contributed by atoms with Crippen LogP contribution in [0.4, 0.5) is 18.9 Å². The first-order chi connectivity index (χ1) is 7.47. The van der Waals surface area contributed by atoms with E-state index in [0.29, 0.717) is 6.54 Å². The number of nitrogens with one attached hydrogen (secondary N) is 1. The smallest absolute Gasteiger partial charge is 0.383 e.